The van der Waals surface area contributed by atoms with Gasteiger partial charge < -0.3 is 11.2 Å². The Kier molecular flexibility index (Phi) is 27.9. The van der Waals surface area contributed by atoms with Gasteiger partial charge in [-0.2, -0.15) is 16.8 Å². The summed E-state index contributed by atoms with van der Waals surface area (Å²) in [5, 5.41) is 0. The minimum absolute atomic E-state index is 0. The third-order valence-electron chi connectivity index (χ3n) is 0. The molecule has 0 aromatic heterocycles. The van der Waals surface area contributed by atoms with E-state index in [1.807, 2.05) is 0 Å². The Morgan fingerprint density at radius 1 is 0.692 bits per heavy atom. The second-order valence-electron chi connectivity index (χ2n) is 0.896. The maximum Gasteiger partial charge on any atom is 2.00 e. The molecule has 0 heterocycles. The molecule has 0 aliphatic heterocycles. The van der Waals surface area contributed by atoms with Gasteiger partial charge in [-0.15, -0.1) is 0 Å². The quantitative estimate of drug-likeness (QED) is 0.281. The fourth-order valence-electron chi connectivity index (χ4n) is 0. The average Bonchev–Trinajstić information content (AvgIpc) is 1.12. The second-order valence-corrected chi connectivity index (χ2v) is 2.69. The molecule has 0 saturated heterocycles. The minimum atomic E-state index is -4.67. The van der Waals surface area contributed by atoms with Crippen LogP contribution in [0.3, 0.4) is 0 Å². The zero-order valence-corrected chi connectivity index (χ0v) is 12.2. The molecule has 13 heavy (non-hydrogen) atoms. The Balaban J connectivity index is -0.00000000762. The van der Waals surface area contributed by atoms with Gasteiger partial charge in [0.25, 0.3) is 0 Å². The van der Waals surface area contributed by atoms with Crippen LogP contribution in [-0.4, -0.2) is 116 Å². The van der Waals surface area contributed by atoms with E-state index < -0.39 is 20.8 Å². The summed E-state index contributed by atoms with van der Waals surface area (Å²) in [6, 6.07) is 0. The van der Waals surface area contributed by atoms with Crippen LogP contribution in [0.15, 0.2) is 0 Å². The Morgan fingerprint density at radius 2 is 0.692 bits per heavy atom. The average molecular weight is 298 g/mol. The fraction of sp³-hybridized carbons (Fsp3) is 0. The molecule has 0 aliphatic carbocycles. The van der Waals surface area contributed by atoms with Crippen molar-refractivity contribution in [2.75, 3.05) is 0 Å². The molecule has 0 rings (SSSR count). The molecule has 0 unspecified atom stereocenters. The summed E-state index contributed by atoms with van der Waals surface area (Å²) in [6.07, 6.45) is 0. The second kappa shape index (κ2) is 12.3. The van der Waals surface area contributed by atoms with E-state index in [-0.39, 0.29) is 86.7 Å². The van der Waals surface area contributed by atoms with Crippen LogP contribution in [0.2, 0.25) is 0 Å². The van der Waals surface area contributed by atoms with Crippen molar-refractivity contribution in [3.8, 4) is 0 Å². The van der Waals surface area contributed by atoms with Crippen molar-refractivity contribution >= 4 is 96.3 Å². The molecule has 9 nitrogen and oxygen atoms in total. The molecule has 13 heteroatoms. The topological polar surface area (TPSA) is 181 Å². The summed E-state index contributed by atoms with van der Waals surface area (Å²) >= 11 is 0. The number of hydrogen-bond acceptors (Lipinski definition) is 4. The summed E-state index contributed by atoms with van der Waals surface area (Å²) in [5.74, 6) is 0. The van der Waals surface area contributed by atoms with Gasteiger partial charge in [0.15, 0.2) is 0 Å². The number of hydrogen-bond donors (Lipinski definition) is 4. The normalized spacial score (nSPS) is 8.92. The summed E-state index contributed by atoms with van der Waals surface area (Å²) in [4.78, 5) is 0. The van der Waals surface area contributed by atoms with E-state index in [2.05, 4.69) is 0 Å². The van der Waals surface area contributed by atoms with Gasteiger partial charge in [0.1, 0.15) is 0 Å². The summed E-state index contributed by atoms with van der Waals surface area (Å²) in [6.45, 7) is 0. The first kappa shape index (κ1) is 29.5. The molecule has 0 aromatic rings. The Hall–Kier alpha value is 2.22. The molecule has 0 radical (unpaired) electrons. The minimum Gasteiger partial charge on any atom is -1.00 e. The van der Waals surface area contributed by atoms with Gasteiger partial charge in [-0.05, 0) is 0 Å². The van der Waals surface area contributed by atoms with Crippen molar-refractivity contribution in [1.82, 2.24) is 0 Å². The van der Waals surface area contributed by atoms with Crippen molar-refractivity contribution in [3.63, 3.8) is 0 Å². The standard InChI is InChI=1S/2Ca.2H2O4S.H2O.4H/c;;2*1-5(2,3)4;;;;;/h;;2*(H2,1,2,3,4);1H2;;;;/q2*+2;;;;4*-1. The first-order valence-electron chi connectivity index (χ1n) is 1.40. The third-order valence-corrected chi connectivity index (χ3v) is 0. The van der Waals surface area contributed by atoms with Crippen LogP contribution in [-0.2, 0) is 20.8 Å². The molecule has 0 fully saturated rings. The zero-order chi connectivity index (χ0) is 9.00. The molecule has 0 aromatic carbocycles. The van der Waals surface area contributed by atoms with Crippen LogP contribution in [0.5, 0.6) is 0 Å². The van der Waals surface area contributed by atoms with E-state index in [1.54, 1.807) is 0 Å². The molecular weight excluding hydrogens is 288 g/mol. The van der Waals surface area contributed by atoms with Gasteiger partial charge in [-0.1, -0.05) is 0 Å². The Morgan fingerprint density at radius 3 is 0.692 bits per heavy atom. The summed E-state index contributed by atoms with van der Waals surface area (Å²) in [7, 11) is -9.33. The Bertz CT molecular complexity index is 225. The molecule has 0 spiro atoms. The van der Waals surface area contributed by atoms with E-state index in [0.717, 1.165) is 0 Å². The van der Waals surface area contributed by atoms with Gasteiger partial charge in [-0.25, -0.2) is 0 Å². The van der Waals surface area contributed by atoms with Crippen LogP contribution >= 0.6 is 0 Å². The van der Waals surface area contributed by atoms with Crippen molar-refractivity contribution < 1.29 is 46.2 Å². The maximum absolute atomic E-state index is 8.74. The van der Waals surface area contributed by atoms with E-state index in [9.17, 15) is 0 Å². The van der Waals surface area contributed by atoms with Crippen molar-refractivity contribution in [2.45, 2.75) is 0 Å². The predicted molar refractivity (Wildman–Crippen MR) is 47.9 cm³/mol. The molecule has 0 saturated carbocycles. The smallest absolute Gasteiger partial charge is 1.00 e. The molecular formula is H10Ca2O9S2. The molecule has 0 aliphatic rings. The SMILES string of the molecule is O.O=S(=O)(O)O.O=S(=O)(O)O.[Ca+2].[Ca+2].[H-].[H-].[H-].[H-]. The van der Waals surface area contributed by atoms with Crippen LogP contribution < -0.4 is 0 Å². The first-order valence-corrected chi connectivity index (χ1v) is 4.19. The fourth-order valence-corrected chi connectivity index (χ4v) is 0. The summed E-state index contributed by atoms with van der Waals surface area (Å²) < 4.78 is 63.2. The third kappa shape index (κ3) is 431. The van der Waals surface area contributed by atoms with Crippen molar-refractivity contribution in [3.05, 3.63) is 0 Å². The molecule has 6 N–H and O–H groups in total. The zero-order valence-electron chi connectivity index (χ0n) is 10.2. The van der Waals surface area contributed by atoms with Gasteiger partial charge in [0, 0.05) is 0 Å². The Labute approximate surface area is 140 Å². The van der Waals surface area contributed by atoms with Gasteiger partial charge in [0.2, 0.25) is 0 Å². The van der Waals surface area contributed by atoms with E-state index >= 15 is 0 Å². The maximum atomic E-state index is 8.74. The van der Waals surface area contributed by atoms with Crippen molar-refractivity contribution in [1.29, 1.82) is 0 Å². The monoisotopic (exact) mass is 298 g/mol. The molecule has 0 amide bonds. The van der Waals surface area contributed by atoms with Crippen LogP contribution in [0.4, 0.5) is 0 Å². The van der Waals surface area contributed by atoms with E-state index in [1.165, 1.54) is 0 Å². The van der Waals surface area contributed by atoms with Gasteiger partial charge in [0.05, 0.1) is 0 Å². The van der Waals surface area contributed by atoms with Crippen molar-refractivity contribution in [2.24, 2.45) is 0 Å². The van der Waals surface area contributed by atoms with Gasteiger partial charge in [-0.3, -0.25) is 18.2 Å². The summed E-state index contributed by atoms with van der Waals surface area (Å²) in [5.41, 5.74) is 0. The van der Waals surface area contributed by atoms with Crippen LogP contribution in [0.25, 0.3) is 0 Å². The van der Waals surface area contributed by atoms with Crippen LogP contribution in [0, 0.1) is 0 Å². The van der Waals surface area contributed by atoms with E-state index in [4.69, 9.17) is 35.0 Å². The molecule has 0 bridgehead atoms. The van der Waals surface area contributed by atoms with Crippen LogP contribution in [0.1, 0.15) is 5.71 Å². The number of rotatable bonds is 0. The largest absolute Gasteiger partial charge is 2.00 e. The van der Waals surface area contributed by atoms with Gasteiger partial charge >= 0.3 is 96.3 Å². The molecule has 0 atom stereocenters. The molecule has 80 valence electrons. The van der Waals surface area contributed by atoms with E-state index in [0.29, 0.717) is 0 Å². The first-order chi connectivity index (χ1) is 4.00. The predicted octanol–water partition coefficient (Wildman–Crippen LogP) is -2.44.